The van der Waals surface area contributed by atoms with Crippen molar-refractivity contribution in [1.82, 2.24) is 19.9 Å². The van der Waals surface area contributed by atoms with Crippen LogP contribution in [0.4, 0.5) is 0 Å². The van der Waals surface area contributed by atoms with Gasteiger partial charge >= 0.3 is 0 Å². The lowest BCUT2D eigenvalue weighted by atomic mass is 10.0. The summed E-state index contributed by atoms with van der Waals surface area (Å²) in [6, 6.07) is 0.189. The number of methoxy groups -OCH3 is 2. The van der Waals surface area contributed by atoms with Gasteiger partial charge in [0.05, 0.1) is 11.4 Å². The van der Waals surface area contributed by atoms with Crippen LogP contribution in [0.3, 0.4) is 0 Å². The number of nitrogens with zero attached hydrogens (tertiary/aromatic N) is 4. The van der Waals surface area contributed by atoms with Crippen LogP contribution in [0.25, 0.3) is 0 Å². The van der Waals surface area contributed by atoms with Crippen molar-refractivity contribution in [3.63, 3.8) is 0 Å². The Hall–Kier alpha value is -1.47. The minimum Gasteiger partial charge on any atom is -0.376 e. The van der Waals surface area contributed by atoms with Gasteiger partial charge in [-0.25, -0.2) is 4.68 Å². The van der Waals surface area contributed by atoms with Gasteiger partial charge in [0.25, 0.3) is 0 Å². The SMILES string of the molecule is COC1CN(C(=O)C(C)C)CCc2nnn(C(C)C)c2C1OC. The summed E-state index contributed by atoms with van der Waals surface area (Å²) in [5.74, 6) is 0.0837. The van der Waals surface area contributed by atoms with Gasteiger partial charge in [-0.2, -0.15) is 0 Å². The zero-order valence-corrected chi connectivity index (χ0v) is 14.9. The van der Waals surface area contributed by atoms with E-state index in [9.17, 15) is 4.79 Å². The molecule has 0 radical (unpaired) electrons. The zero-order valence-electron chi connectivity index (χ0n) is 14.9. The molecule has 1 aliphatic rings. The number of carbonyl (C=O) groups excluding carboxylic acids is 1. The highest BCUT2D eigenvalue weighted by molar-refractivity contribution is 5.78. The van der Waals surface area contributed by atoms with Gasteiger partial charge in [-0.15, -0.1) is 5.10 Å². The number of ether oxygens (including phenoxy) is 2. The first-order valence-corrected chi connectivity index (χ1v) is 8.19. The van der Waals surface area contributed by atoms with Crippen LogP contribution in [-0.2, 0) is 20.7 Å². The van der Waals surface area contributed by atoms with E-state index in [4.69, 9.17) is 9.47 Å². The lowest BCUT2D eigenvalue weighted by Gasteiger charge is -2.34. The van der Waals surface area contributed by atoms with E-state index in [0.29, 0.717) is 19.5 Å². The first-order chi connectivity index (χ1) is 10.9. The summed E-state index contributed by atoms with van der Waals surface area (Å²) < 4.78 is 13.3. The third-order valence-electron chi connectivity index (χ3n) is 4.28. The maximum atomic E-state index is 12.4. The molecule has 2 rings (SSSR count). The summed E-state index contributed by atoms with van der Waals surface area (Å²) in [6.45, 7) is 9.09. The summed E-state index contributed by atoms with van der Waals surface area (Å²) in [5.41, 5.74) is 1.85. The molecular formula is C16H28N4O3. The molecule has 2 atom stereocenters. The van der Waals surface area contributed by atoms with Crippen LogP contribution in [0.15, 0.2) is 0 Å². The molecule has 1 aromatic rings. The van der Waals surface area contributed by atoms with Gasteiger partial charge in [0, 0.05) is 45.7 Å². The predicted molar refractivity (Wildman–Crippen MR) is 86.1 cm³/mol. The number of hydrogen-bond donors (Lipinski definition) is 0. The number of rotatable bonds is 4. The minimum absolute atomic E-state index is 0.0428. The molecule has 7 nitrogen and oxygen atoms in total. The Balaban J connectivity index is 2.41. The van der Waals surface area contributed by atoms with Crippen LogP contribution in [0.2, 0.25) is 0 Å². The topological polar surface area (TPSA) is 69.5 Å². The molecular weight excluding hydrogens is 296 g/mol. The zero-order chi connectivity index (χ0) is 17.1. The van der Waals surface area contributed by atoms with Crippen LogP contribution in [0.5, 0.6) is 0 Å². The summed E-state index contributed by atoms with van der Waals surface area (Å²) in [5, 5.41) is 8.60. The van der Waals surface area contributed by atoms with E-state index in [0.717, 1.165) is 11.4 Å². The molecule has 0 spiro atoms. The summed E-state index contributed by atoms with van der Waals surface area (Å²) in [6.07, 6.45) is 0.129. The molecule has 23 heavy (non-hydrogen) atoms. The predicted octanol–water partition coefficient (Wildman–Crippen LogP) is 1.60. The molecule has 2 heterocycles. The molecule has 0 N–H and O–H groups in total. The third kappa shape index (κ3) is 3.55. The van der Waals surface area contributed by atoms with E-state index >= 15 is 0 Å². The normalized spacial score (nSPS) is 22.2. The van der Waals surface area contributed by atoms with E-state index in [-0.39, 0.29) is 30.1 Å². The monoisotopic (exact) mass is 324 g/mol. The Bertz CT molecular complexity index is 541. The van der Waals surface area contributed by atoms with Crippen molar-refractivity contribution in [3.8, 4) is 0 Å². The van der Waals surface area contributed by atoms with E-state index in [1.54, 1.807) is 14.2 Å². The van der Waals surface area contributed by atoms with Gasteiger partial charge in [-0.3, -0.25) is 4.79 Å². The highest BCUT2D eigenvalue weighted by Crippen LogP contribution is 2.30. The summed E-state index contributed by atoms with van der Waals surface area (Å²) >= 11 is 0. The maximum Gasteiger partial charge on any atom is 0.225 e. The molecule has 2 unspecified atom stereocenters. The van der Waals surface area contributed by atoms with Crippen molar-refractivity contribution in [1.29, 1.82) is 0 Å². The number of fused-ring (bicyclic) bond motifs is 1. The lowest BCUT2D eigenvalue weighted by molar-refractivity contribution is -0.138. The highest BCUT2D eigenvalue weighted by atomic mass is 16.5. The Morgan fingerprint density at radius 3 is 2.43 bits per heavy atom. The maximum absolute atomic E-state index is 12.4. The minimum atomic E-state index is -0.296. The van der Waals surface area contributed by atoms with Crippen molar-refractivity contribution in [2.75, 3.05) is 27.3 Å². The molecule has 0 aromatic carbocycles. The Morgan fingerprint density at radius 1 is 1.22 bits per heavy atom. The van der Waals surface area contributed by atoms with Crippen LogP contribution in [0, 0.1) is 5.92 Å². The fraction of sp³-hybridized carbons (Fsp3) is 0.812. The molecule has 0 saturated carbocycles. The molecule has 0 aliphatic carbocycles. The van der Waals surface area contributed by atoms with Crippen molar-refractivity contribution >= 4 is 5.91 Å². The van der Waals surface area contributed by atoms with Crippen molar-refractivity contribution < 1.29 is 14.3 Å². The third-order valence-corrected chi connectivity index (χ3v) is 4.28. The smallest absolute Gasteiger partial charge is 0.225 e. The number of carbonyl (C=O) groups is 1. The molecule has 0 fully saturated rings. The van der Waals surface area contributed by atoms with E-state index in [1.165, 1.54) is 0 Å². The van der Waals surface area contributed by atoms with Gasteiger partial charge < -0.3 is 14.4 Å². The van der Waals surface area contributed by atoms with Crippen molar-refractivity contribution in [3.05, 3.63) is 11.4 Å². The largest absolute Gasteiger partial charge is 0.376 e. The second-order valence-corrected chi connectivity index (χ2v) is 6.58. The molecule has 7 heteroatoms. The first-order valence-electron chi connectivity index (χ1n) is 8.19. The summed E-state index contributed by atoms with van der Waals surface area (Å²) in [4.78, 5) is 14.3. The first kappa shape index (κ1) is 17.9. The van der Waals surface area contributed by atoms with Gasteiger partial charge in [0.1, 0.15) is 12.2 Å². The highest BCUT2D eigenvalue weighted by Gasteiger charge is 2.35. The molecule has 0 bridgehead atoms. The van der Waals surface area contributed by atoms with Crippen LogP contribution in [0.1, 0.15) is 51.2 Å². The quantitative estimate of drug-likeness (QED) is 0.841. The lowest BCUT2D eigenvalue weighted by Crippen LogP contribution is -2.45. The van der Waals surface area contributed by atoms with Crippen LogP contribution < -0.4 is 0 Å². The van der Waals surface area contributed by atoms with Gasteiger partial charge in [0.15, 0.2) is 0 Å². The van der Waals surface area contributed by atoms with E-state index in [1.807, 2.05) is 23.4 Å². The van der Waals surface area contributed by atoms with Gasteiger partial charge in [-0.1, -0.05) is 19.1 Å². The average Bonchev–Trinajstić information content (AvgIpc) is 2.90. The summed E-state index contributed by atoms with van der Waals surface area (Å²) in [7, 11) is 3.31. The van der Waals surface area contributed by atoms with Crippen molar-refractivity contribution in [2.45, 2.75) is 52.4 Å². The molecule has 1 amide bonds. The number of hydrogen-bond acceptors (Lipinski definition) is 5. The fourth-order valence-electron chi connectivity index (χ4n) is 3.04. The standard InChI is InChI=1S/C16H28N4O3/c1-10(2)16(21)19-8-7-12-14(20(11(3)4)18-17-12)15(23-6)13(9-19)22-5/h10-11,13,15H,7-9H2,1-6H3. The Labute approximate surface area is 137 Å². The number of amides is 1. The fourth-order valence-corrected chi connectivity index (χ4v) is 3.04. The average molecular weight is 324 g/mol. The second-order valence-electron chi connectivity index (χ2n) is 6.58. The Morgan fingerprint density at radius 2 is 1.91 bits per heavy atom. The number of aromatic nitrogens is 3. The molecule has 1 aromatic heterocycles. The molecule has 1 aliphatic heterocycles. The van der Waals surface area contributed by atoms with Crippen molar-refractivity contribution in [2.24, 2.45) is 5.92 Å². The second kappa shape index (κ2) is 7.40. The molecule has 0 saturated heterocycles. The van der Waals surface area contributed by atoms with E-state index in [2.05, 4.69) is 24.2 Å². The van der Waals surface area contributed by atoms with E-state index < -0.39 is 0 Å². The molecule has 130 valence electrons. The van der Waals surface area contributed by atoms with Gasteiger partial charge in [-0.05, 0) is 13.8 Å². The Kier molecular flexibility index (Phi) is 5.75. The van der Waals surface area contributed by atoms with Crippen LogP contribution in [-0.4, -0.2) is 59.2 Å². The van der Waals surface area contributed by atoms with Gasteiger partial charge in [0.2, 0.25) is 5.91 Å². The van der Waals surface area contributed by atoms with Crippen LogP contribution >= 0.6 is 0 Å².